The van der Waals surface area contributed by atoms with Crippen molar-refractivity contribution in [1.82, 2.24) is 0 Å². The Morgan fingerprint density at radius 1 is 0.966 bits per heavy atom. The molecule has 0 spiro atoms. The van der Waals surface area contributed by atoms with Crippen LogP contribution in [0.5, 0.6) is 0 Å². The topological polar surface area (TPSA) is 118 Å². The lowest BCUT2D eigenvalue weighted by Crippen LogP contribution is -2.16. The highest BCUT2D eigenvalue weighted by Gasteiger charge is 2.19. The van der Waals surface area contributed by atoms with E-state index in [1.807, 2.05) is 0 Å². The SMILES string of the molecule is O=C(Nc1ccccc1[N+](=O)[O-])c1cccc(S(=O)(=O)Nc2ccc(Cl)cc2)c1. The van der Waals surface area contributed by atoms with E-state index < -0.39 is 20.9 Å². The van der Waals surface area contributed by atoms with Crippen LogP contribution >= 0.6 is 11.6 Å². The molecule has 10 heteroatoms. The van der Waals surface area contributed by atoms with Crippen LogP contribution in [0.1, 0.15) is 10.4 Å². The Labute approximate surface area is 171 Å². The van der Waals surface area contributed by atoms with Crippen molar-refractivity contribution in [3.63, 3.8) is 0 Å². The molecule has 8 nitrogen and oxygen atoms in total. The van der Waals surface area contributed by atoms with E-state index in [1.165, 1.54) is 66.7 Å². The van der Waals surface area contributed by atoms with Gasteiger partial charge in [0.1, 0.15) is 5.69 Å². The van der Waals surface area contributed by atoms with Gasteiger partial charge in [-0.3, -0.25) is 19.6 Å². The van der Waals surface area contributed by atoms with Crippen molar-refractivity contribution in [3.8, 4) is 0 Å². The molecule has 3 rings (SSSR count). The first-order valence-corrected chi connectivity index (χ1v) is 10.1. The number of nitrogens with one attached hydrogen (secondary N) is 2. The Balaban J connectivity index is 1.84. The molecule has 1 amide bonds. The molecule has 0 bridgehead atoms. The van der Waals surface area contributed by atoms with Gasteiger partial charge in [0.05, 0.1) is 9.82 Å². The molecule has 0 aliphatic rings. The number of hydrogen-bond acceptors (Lipinski definition) is 5. The Kier molecular flexibility index (Phi) is 5.81. The minimum atomic E-state index is -3.96. The molecule has 0 atom stereocenters. The number of nitro groups is 1. The third kappa shape index (κ3) is 4.89. The van der Waals surface area contributed by atoms with Crippen LogP contribution < -0.4 is 10.0 Å². The maximum atomic E-state index is 12.6. The van der Waals surface area contributed by atoms with Gasteiger partial charge in [-0.05, 0) is 48.5 Å². The quantitative estimate of drug-likeness (QED) is 0.445. The summed E-state index contributed by atoms with van der Waals surface area (Å²) in [5.41, 5.74) is 0.0791. The van der Waals surface area contributed by atoms with E-state index in [1.54, 1.807) is 6.07 Å². The van der Waals surface area contributed by atoms with Crippen LogP contribution in [0, 0.1) is 10.1 Å². The fraction of sp³-hybridized carbons (Fsp3) is 0. The number of halogens is 1. The zero-order valence-electron chi connectivity index (χ0n) is 14.7. The van der Waals surface area contributed by atoms with Gasteiger partial charge in [-0.15, -0.1) is 0 Å². The van der Waals surface area contributed by atoms with Crippen LogP contribution in [0.25, 0.3) is 0 Å². The maximum absolute atomic E-state index is 12.6. The Morgan fingerprint density at radius 2 is 1.66 bits per heavy atom. The van der Waals surface area contributed by atoms with Crippen molar-refractivity contribution >= 4 is 44.6 Å². The molecule has 0 heterocycles. The summed E-state index contributed by atoms with van der Waals surface area (Å²) in [6, 6.07) is 17.1. The third-order valence-corrected chi connectivity index (χ3v) is 5.48. The number of benzene rings is 3. The average Bonchev–Trinajstić information content (AvgIpc) is 2.70. The van der Waals surface area contributed by atoms with Crippen molar-refractivity contribution < 1.29 is 18.1 Å². The maximum Gasteiger partial charge on any atom is 0.292 e. The highest BCUT2D eigenvalue weighted by molar-refractivity contribution is 7.92. The summed E-state index contributed by atoms with van der Waals surface area (Å²) in [6.07, 6.45) is 0. The van der Waals surface area contributed by atoms with Crippen molar-refractivity contribution in [3.05, 3.63) is 93.5 Å². The number of sulfonamides is 1. The van der Waals surface area contributed by atoms with Gasteiger partial charge in [-0.2, -0.15) is 0 Å². The zero-order valence-corrected chi connectivity index (χ0v) is 16.3. The molecular formula is C19H14ClN3O5S. The normalized spacial score (nSPS) is 10.9. The second-order valence-corrected chi connectivity index (χ2v) is 7.99. The van der Waals surface area contributed by atoms with Crippen LogP contribution in [0.2, 0.25) is 5.02 Å². The number of rotatable bonds is 6. The smallest absolute Gasteiger partial charge is 0.292 e. The lowest BCUT2D eigenvalue weighted by atomic mass is 10.2. The van der Waals surface area contributed by atoms with Gasteiger partial charge >= 0.3 is 0 Å². The summed E-state index contributed by atoms with van der Waals surface area (Å²) in [4.78, 5) is 22.8. The molecule has 0 saturated carbocycles. The van der Waals surface area contributed by atoms with Crippen LogP contribution in [0.15, 0.2) is 77.7 Å². The monoisotopic (exact) mass is 431 g/mol. The number of amides is 1. The lowest BCUT2D eigenvalue weighted by molar-refractivity contribution is -0.383. The van der Waals surface area contributed by atoms with Gasteiger partial charge in [0, 0.05) is 22.3 Å². The first kappa shape index (κ1) is 20.3. The molecule has 0 fully saturated rings. The Morgan fingerprint density at radius 3 is 2.34 bits per heavy atom. The average molecular weight is 432 g/mol. The predicted octanol–water partition coefficient (Wildman–Crippen LogP) is 4.30. The van der Waals surface area contributed by atoms with Crippen LogP contribution in [0.4, 0.5) is 17.1 Å². The van der Waals surface area contributed by atoms with Crippen LogP contribution in [-0.2, 0) is 10.0 Å². The number of nitro benzene ring substituents is 1. The number of carbonyl (C=O) groups excluding carboxylic acids is 1. The van der Waals surface area contributed by atoms with E-state index in [-0.39, 0.29) is 21.8 Å². The molecule has 0 unspecified atom stereocenters. The summed E-state index contributed by atoms with van der Waals surface area (Å²) >= 11 is 5.79. The first-order chi connectivity index (χ1) is 13.8. The van der Waals surface area contributed by atoms with Crippen molar-refractivity contribution in [2.45, 2.75) is 4.90 Å². The highest BCUT2D eigenvalue weighted by atomic mass is 35.5. The molecule has 0 radical (unpaired) electrons. The van der Waals surface area contributed by atoms with Crippen LogP contribution in [-0.4, -0.2) is 19.2 Å². The lowest BCUT2D eigenvalue weighted by Gasteiger charge is -2.10. The second kappa shape index (κ2) is 8.29. The van der Waals surface area contributed by atoms with Crippen LogP contribution in [0.3, 0.4) is 0 Å². The van der Waals surface area contributed by atoms with E-state index in [0.29, 0.717) is 10.7 Å². The predicted molar refractivity (Wildman–Crippen MR) is 110 cm³/mol. The summed E-state index contributed by atoms with van der Waals surface area (Å²) in [7, 11) is -3.96. The number of anilines is 2. The molecule has 0 saturated heterocycles. The van der Waals surface area contributed by atoms with Crippen molar-refractivity contribution in [2.75, 3.05) is 10.0 Å². The van der Waals surface area contributed by atoms with Gasteiger partial charge in [0.15, 0.2) is 0 Å². The summed E-state index contributed by atoms with van der Waals surface area (Å²) in [5.74, 6) is -0.678. The van der Waals surface area contributed by atoms with E-state index in [4.69, 9.17) is 11.6 Å². The molecule has 148 valence electrons. The molecule has 0 aliphatic heterocycles. The molecular weight excluding hydrogens is 418 g/mol. The van der Waals surface area contributed by atoms with E-state index in [0.717, 1.165) is 0 Å². The standard InChI is InChI=1S/C19H14ClN3O5S/c20-14-8-10-15(11-9-14)22-29(27,28)16-5-3-4-13(12-16)19(24)21-17-6-1-2-7-18(17)23(25)26/h1-12,22H,(H,21,24). The largest absolute Gasteiger partial charge is 0.316 e. The van der Waals surface area contributed by atoms with Gasteiger partial charge in [-0.1, -0.05) is 29.8 Å². The molecule has 0 aromatic heterocycles. The number of hydrogen-bond donors (Lipinski definition) is 2. The zero-order chi connectivity index (χ0) is 21.0. The molecule has 0 aliphatic carbocycles. The fourth-order valence-electron chi connectivity index (χ4n) is 2.47. The molecule has 3 aromatic rings. The fourth-order valence-corrected chi connectivity index (χ4v) is 3.70. The van der Waals surface area contributed by atoms with Crippen molar-refractivity contribution in [2.24, 2.45) is 0 Å². The van der Waals surface area contributed by atoms with E-state index in [9.17, 15) is 23.3 Å². The highest BCUT2D eigenvalue weighted by Crippen LogP contribution is 2.24. The van der Waals surface area contributed by atoms with Gasteiger partial charge in [0.2, 0.25) is 0 Å². The van der Waals surface area contributed by atoms with E-state index in [2.05, 4.69) is 10.0 Å². The Bertz CT molecular complexity index is 1180. The minimum Gasteiger partial charge on any atom is -0.316 e. The van der Waals surface area contributed by atoms with Gasteiger partial charge < -0.3 is 5.32 Å². The Hall–Kier alpha value is -3.43. The second-order valence-electron chi connectivity index (χ2n) is 5.87. The summed E-state index contributed by atoms with van der Waals surface area (Å²) in [5, 5.41) is 14.0. The summed E-state index contributed by atoms with van der Waals surface area (Å²) < 4.78 is 27.6. The first-order valence-electron chi connectivity index (χ1n) is 8.19. The third-order valence-electron chi connectivity index (χ3n) is 3.85. The van der Waals surface area contributed by atoms with Gasteiger partial charge in [0.25, 0.3) is 21.6 Å². The number of nitrogens with zero attached hydrogens (tertiary/aromatic N) is 1. The molecule has 29 heavy (non-hydrogen) atoms. The van der Waals surface area contributed by atoms with Gasteiger partial charge in [-0.25, -0.2) is 8.42 Å². The molecule has 2 N–H and O–H groups in total. The summed E-state index contributed by atoms with van der Waals surface area (Å²) in [6.45, 7) is 0. The number of carbonyl (C=O) groups is 1. The molecule has 3 aromatic carbocycles. The minimum absolute atomic E-state index is 0.00931. The van der Waals surface area contributed by atoms with Crippen molar-refractivity contribution in [1.29, 1.82) is 0 Å². The van der Waals surface area contributed by atoms with E-state index >= 15 is 0 Å². The number of para-hydroxylation sites is 2.